The number of nitrogens with one attached hydrogen (secondary N) is 2. The fourth-order valence-electron chi connectivity index (χ4n) is 1.01. The van der Waals surface area contributed by atoms with Gasteiger partial charge in [-0.1, -0.05) is 6.92 Å². The zero-order valence-electron chi connectivity index (χ0n) is 8.41. The van der Waals surface area contributed by atoms with Crippen molar-refractivity contribution in [1.82, 2.24) is 4.98 Å². The zero-order valence-corrected chi connectivity index (χ0v) is 9.31. The number of nitrogens with two attached hydrogens (primary N) is 1. The summed E-state index contributed by atoms with van der Waals surface area (Å²) in [5.41, 5.74) is 2.24. The second kappa shape index (κ2) is 7.34. The molecule has 0 unspecified atom stereocenters. The van der Waals surface area contributed by atoms with Crippen molar-refractivity contribution in [3.05, 3.63) is 24.0 Å². The summed E-state index contributed by atoms with van der Waals surface area (Å²) in [7, 11) is 1.84. The zero-order chi connectivity index (χ0) is 11.0. The molecule has 4 nitrogen and oxygen atoms in total. The molecule has 0 aliphatic heterocycles. The summed E-state index contributed by atoms with van der Waals surface area (Å²) in [6.07, 6.45) is 2.42. The summed E-state index contributed by atoms with van der Waals surface area (Å²) >= 11 is 3.03. The predicted octanol–water partition coefficient (Wildman–Crippen LogP) is 1.94. The molecule has 0 saturated carbocycles. The second-order valence-electron chi connectivity index (χ2n) is 2.48. The lowest BCUT2D eigenvalue weighted by Gasteiger charge is -2.06. The van der Waals surface area contributed by atoms with E-state index in [4.69, 9.17) is 5.41 Å². The monoisotopic (exact) mass is 214 g/mol. The molecule has 0 saturated heterocycles. The van der Waals surface area contributed by atoms with E-state index in [0.717, 1.165) is 11.4 Å². The van der Waals surface area contributed by atoms with E-state index in [1.807, 2.05) is 26.1 Å². The molecule has 80 valence electrons. The summed E-state index contributed by atoms with van der Waals surface area (Å²) < 4.78 is 0. The Morgan fingerprint density at radius 3 is 2.86 bits per heavy atom. The first-order valence-corrected chi connectivity index (χ1v) is 4.77. The van der Waals surface area contributed by atoms with Gasteiger partial charge in [-0.15, -0.1) is 12.8 Å². The van der Waals surface area contributed by atoms with Gasteiger partial charge in [0.25, 0.3) is 0 Å². The van der Waals surface area contributed by atoms with Gasteiger partial charge in [0.15, 0.2) is 0 Å². The van der Waals surface area contributed by atoms with E-state index in [9.17, 15) is 0 Å². The van der Waals surface area contributed by atoms with Gasteiger partial charge < -0.3 is 10.7 Å². The molecule has 0 spiro atoms. The fourth-order valence-corrected chi connectivity index (χ4v) is 1.01. The van der Waals surface area contributed by atoms with Crippen molar-refractivity contribution in [3.8, 4) is 0 Å². The molecule has 0 atom stereocenters. The second-order valence-corrected chi connectivity index (χ2v) is 2.48. The number of nitrogens with zero attached hydrogens (tertiary/aromatic N) is 1. The van der Waals surface area contributed by atoms with Crippen molar-refractivity contribution >= 4 is 24.2 Å². The predicted molar refractivity (Wildman–Crippen MR) is 66.2 cm³/mol. The molecular weight excluding hydrogens is 196 g/mol. The van der Waals surface area contributed by atoms with Crippen LogP contribution in [-0.2, 0) is 0 Å². The highest BCUT2D eigenvalue weighted by Gasteiger charge is 2.04. The van der Waals surface area contributed by atoms with Gasteiger partial charge in [0.1, 0.15) is 5.69 Å². The Balaban J connectivity index is 0. The van der Waals surface area contributed by atoms with Crippen LogP contribution in [0.1, 0.15) is 20.5 Å². The number of pyridine rings is 1. The van der Waals surface area contributed by atoms with Crippen LogP contribution in [0.5, 0.6) is 0 Å². The minimum Gasteiger partial charge on any atom is -0.386 e. The Bertz CT molecular complexity index is 293. The van der Waals surface area contributed by atoms with Crippen molar-refractivity contribution in [2.75, 3.05) is 12.4 Å². The summed E-state index contributed by atoms with van der Waals surface area (Å²) in [5.74, 6) is 0. The number of hydrogen-bond acceptors (Lipinski definition) is 5. The molecular formula is C9H18N4S. The topological polar surface area (TPSA) is 74.8 Å². The number of anilines is 1. The highest BCUT2D eigenvalue weighted by atomic mass is 32.1. The van der Waals surface area contributed by atoms with E-state index in [-0.39, 0.29) is 1.43 Å². The van der Waals surface area contributed by atoms with Gasteiger partial charge in [0, 0.05) is 14.7 Å². The van der Waals surface area contributed by atoms with Crippen molar-refractivity contribution in [2.24, 2.45) is 5.14 Å². The maximum absolute atomic E-state index is 7.62. The van der Waals surface area contributed by atoms with Crippen LogP contribution in [0, 0.1) is 5.41 Å². The Morgan fingerprint density at radius 2 is 2.36 bits per heavy atom. The largest absolute Gasteiger partial charge is 0.386 e. The van der Waals surface area contributed by atoms with Crippen LogP contribution in [-0.4, -0.2) is 17.7 Å². The average molecular weight is 214 g/mol. The molecule has 5 heteroatoms. The molecule has 4 N–H and O–H groups in total. The molecule has 0 aliphatic rings. The van der Waals surface area contributed by atoms with Gasteiger partial charge in [-0.05, 0) is 18.6 Å². The smallest absolute Gasteiger partial charge is 0.107 e. The summed E-state index contributed by atoms with van der Waals surface area (Å²) in [4.78, 5) is 4.13. The average Bonchev–Trinajstić information content (AvgIpc) is 2.30. The Hall–Kier alpha value is -1.07. The molecule has 0 bridgehead atoms. The molecule has 0 aromatic carbocycles. The highest BCUT2D eigenvalue weighted by Crippen LogP contribution is 2.12. The van der Waals surface area contributed by atoms with Gasteiger partial charge in [-0.25, -0.2) is 0 Å². The third kappa shape index (κ3) is 3.35. The first-order chi connectivity index (χ1) is 6.79. The lowest BCUT2D eigenvalue weighted by molar-refractivity contribution is 1.18. The minimum absolute atomic E-state index is 0. The first kappa shape index (κ1) is 12.9. The summed E-state index contributed by atoms with van der Waals surface area (Å²) in [6.45, 7) is 1.95. The van der Waals surface area contributed by atoms with Gasteiger partial charge in [-0.3, -0.25) is 10.1 Å². The molecule has 0 fully saturated rings. The molecule has 1 aromatic rings. The van der Waals surface area contributed by atoms with Gasteiger partial charge >= 0.3 is 0 Å². The van der Waals surface area contributed by atoms with E-state index in [1.54, 1.807) is 6.20 Å². The normalized spacial score (nSPS) is 8.57. The van der Waals surface area contributed by atoms with Gasteiger partial charge in [-0.2, -0.15) is 0 Å². The van der Waals surface area contributed by atoms with E-state index in [1.165, 1.54) is 0 Å². The van der Waals surface area contributed by atoms with Crippen LogP contribution in [0.3, 0.4) is 0 Å². The lowest BCUT2D eigenvalue weighted by Crippen LogP contribution is -2.04. The van der Waals surface area contributed by atoms with Gasteiger partial charge in [0.05, 0.1) is 11.4 Å². The summed E-state index contributed by atoms with van der Waals surface area (Å²) in [6, 6.07) is 3.78. The Labute approximate surface area is 91.5 Å². The quantitative estimate of drug-likeness (QED) is 0.459. The standard InChI is InChI=1S/C9H13N3.H3NS.H2/c1-3-7(10)9-8(11-2)5-4-6-12-9;1-2;/h4-6,10-11H,3H2,1-2H3;2H,1H2;1H. The SMILES string of the molecule is CCC(=N)c1ncccc1NC.NS.[HH]. The van der Waals surface area contributed by atoms with Crippen molar-refractivity contribution < 1.29 is 1.43 Å². The molecule has 14 heavy (non-hydrogen) atoms. The van der Waals surface area contributed by atoms with Crippen LogP contribution in [0.4, 0.5) is 5.69 Å². The first-order valence-electron chi connectivity index (χ1n) is 4.26. The van der Waals surface area contributed by atoms with E-state index in [0.29, 0.717) is 12.1 Å². The fraction of sp³-hybridized carbons (Fsp3) is 0.333. The molecule has 1 rings (SSSR count). The van der Waals surface area contributed by atoms with E-state index >= 15 is 0 Å². The van der Waals surface area contributed by atoms with Crippen LogP contribution in [0.25, 0.3) is 0 Å². The third-order valence-corrected chi connectivity index (χ3v) is 1.72. The van der Waals surface area contributed by atoms with Crippen LogP contribution in [0.15, 0.2) is 18.3 Å². The number of hydrogen-bond donors (Lipinski definition) is 4. The maximum atomic E-state index is 7.62. The lowest BCUT2D eigenvalue weighted by atomic mass is 10.1. The number of rotatable bonds is 3. The van der Waals surface area contributed by atoms with Gasteiger partial charge in [0.2, 0.25) is 0 Å². The number of thiol groups is 1. The summed E-state index contributed by atoms with van der Waals surface area (Å²) in [5, 5.41) is 14.8. The number of aromatic nitrogens is 1. The van der Waals surface area contributed by atoms with Crippen LogP contribution < -0.4 is 10.5 Å². The van der Waals surface area contributed by atoms with Crippen LogP contribution >= 0.6 is 12.8 Å². The maximum Gasteiger partial charge on any atom is 0.107 e. The molecule has 1 aromatic heterocycles. The Morgan fingerprint density at radius 1 is 1.71 bits per heavy atom. The molecule has 0 radical (unpaired) electrons. The molecule has 0 aliphatic carbocycles. The Kier molecular flexibility index (Phi) is 6.78. The van der Waals surface area contributed by atoms with Crippen molar-refractivity contribution in [3.63, 3.8) is 0 Å². The van der Waals surface area contributed by atoms with Crippen molar-refractivity contribution in [2.45, 2.75) is 13.3 Å². The van der Waals surface area contributed by atoms with E-state index < -0.39 is 0 Å². The molecule has 0 amide bonds. The van der Waals surface area contributed by atoms with Crippen molar-refractivity contribution in [1.29, 1.82) is 5.41 Å². The highest BCUT2D eigenvalue weighted by molar-refractivity contribution is 7.77. The van der Waals surface area contributed by atoms with Crippen LogP contribution in [0.2, 0.25) is 0 Å². The minimum atomic E-state index is 0. The van der Waals surface area contributed by atoms with E-state index in [2.05, 4.69) is 28.3 Å². The molecule has 1 heterocycles. The third-order valence-electron chi connectivity index (χ3n) is 1.72.